The van der Waals surface area contributed by atoms with Crippen LogP contribution in [0.2, 0.25) is 0 Å². The van der Waals surface area contributed by atoms with Crippen molar-refractivity contribution in [1.29, 1.82) is 0 Å². The van der Waals surface area contributed by atoms with Crippen LogP contribution in [-0.4, -0.2) is 30.6 Å². The Labute approximate surface area is 164 Å². The van der Waals surface area contributed by atoms with Gasteiger partial charge in [-0.25, -0.2) is 4.98 Å². The molecule has 0 bridgehead atoms. The highest BCUT2D eigenvalue weighted by Crippen LogP contribution is 2.44. The van der Waals surface area contributed by atoms with Gasteiger partial charge < -0.3 is 14.8 Å². The Morgan fingerprint density at radius 1 is 1.21 bits per heavy atom. The van der Waals surface area contributed by atoms with Crippen LogP contribution >= 0.6 is 0 Å². The van der Waals surface area contributed by atoms with Crippen LogP contribution in [0, 0.1) is 0 Å². The van der Waals surface area contributed by atoms with Crippen molar-refractivity contribution in [3.63, 3.8) is 0 Å². The van der Waals surface area contributed by atoms with E-state index in [1.165, 1.54) is 24.0 Å². The highest BCUT2D eigenvalue weighted by atomic mass is 16.5. The molecule has 1 atom stereocenters. The number of nitrogens with zero attached hydrogens (tertiary/aromatic N) is 1. The topological polar surface area (TPSA) is 60.5 Å². The summed E-state index contributed by atoms with van der Waals surface area (Å²) in [6, 6.07) is 10.6. The van der Waals surface area contributed by atoms with E-state index in [1.54, 1.807) is 7.11 Å². The highest BCUT2D eigenvalue weighted by Gasteiger charge is 2.28. The van der Waals surface area contributed by atoms with Gasteiger partial charge in [-0.1, -0.05) is 18.2 Å². The van der Waals surface area contributed by atoms with Crippen molar-refractivity contribution in [2.24, 2.45) is 0 Å². The molecule has 0 radical (unpaired) electrons. The zero-order chi connectivity index (χ0) is 19.1. The van der Waals surface area contributed by atoms with Crippen LogP contribution in [-0.2, 0) is 11.2 Å². The van der Waals surface area contributed by atoms with Gasteiger partial charge in [-0.15, -0.1) is 0 Å². The number of methoxy groups -OCH3 is 1. The average molecular weight is 376 g/mol. The molecular formula is C23H24N2O3. The van der Waals surface area contributed by atoms with Gasteiger partial charge in [0.25, 0.3) is 0 Å². The molecule has 144 valence electrons. The fraction of sp³-hybridized carbons (Fsp3) is 0.391. The van der Waals surface area contributed by atoms with Gasteiger partial charge in [-0.2, -0.15) is 0 Å². The maximum absolute atomic E-state index is 11.7. The van der Waals surface area contributed by atoms with Gasteiger partial charge in [-0.3, -0.25) is 4.79 Å². The Hall–Kier alpha value is -2.82. The summed E-state index contributed by atoms with van der Waals surface area (Å²) >= 11 is 0. The minimum absolute atomic E-state index is 0.0305. The molecule has 1 aliphatic carbocycles. The predicted octanol–water partition coefficient (Wildman–Crippen LogP) is 3.61. The Morgan fingerprint density at radius 3 is 2.86 bits per heavy atom. The number of hydrogen-bond acceptors (Lipinski definition) is 4. The fourth-order valence-electron chi connectivity index (χ4n) is 4.12. The molecule has 3 aliphatic rings. The lowest BCUT2D eigenvalue weighted by molar-refractivity contribution is -0.119. The summed E-state index contributed by atoms with van der Waals surface area (Å²) in [6.45, 7) is 0.735. The average Bonchev–Trinajstić information content (AvgIpc) is 3.31. The van der Waals surface area contributed by atoms with E-state index in [1.807, 2.05) is 6.07 Å². The summed E-state index contributed by atoms with van der Waals surface area (Å²) in [4.78, 5) is 16.5. The summed E-state index contributed by atoms with van der Waals surface area (Å²) < 4.78 is 11.3. The molecule has 1 N–H and O–H groups in total. The molecular weight excluding hydrogens is 352 g/mol. The van der Waals surface area contributed by atoms with Crippen LogP contribution in [0.5, 0.6) is 11.6 Å². The first-order valence-corrected chi connectivity index (χ1v) is 10.0. The lowest BCUT2D eigenvalue weighted by Crippen LogP contribution is -2.23. The van der Waals surface area contributed by atoms with Gasteiger partial charge in [0, 0.05) is 30.0 Å². The number of ether oxygens (including phenoxy) is 2. The minimum atomic E-state index is 0.0305. The first-order chi connectivity index (χ1) is 13.7. The highest BCUT2D eigenvalue weighted by molar-refractivity contribution is 5.83. The summed E-state index contributed by atoms with van der Waals surface area (Å²) in [5.74, 6) is 2.37. The third-order valence-electron chi connectivity index (χ3n) is 5.77. The fourth-order valence-corrected chi connectivity index (χ4v) is 4.12. The molecule has 1 saturated carbocycles. The van der Waals surface area contributed by atoms with Crippen molar-refractivity contribution < 1.29 is 14.3 Å². The Morgan fingerprint density at radius 2 is 2.11 bits per heavy atom. The summed E-state index contributed by atoms with van der Waals surface area (Å²) in [5.41, 5.74) is 5.42. The normalized spacial score (nSPS) is 21.2. The number of pyridine rings is 1. The lowest BCUT2D eigenvalue weighted by Gasteiger charge is -2.15. The number of carbonyl (C=O) groups excluding carboxylic acids is 1. The summed E-state index contributed by atoms with van der Waals surface area (Å²) in [7, 11) is 1.69. The molecule has 5 nitrogen and oxygen atoms in total. The largest absolute Gasteiger partial charge is 0.493 e. The van der Waals surface area contributed by atoms with E-state index in [4.69, 9.17) is 14.5 Å². The number of benzene rings is 1. The van der Waals surface area contributed by atoms with Crippen molar-refractivity contribution >= 4 is 11.5 Å². The number of aromatic nitrogens is 1. The zero-order valence-corrected chi connectivity index (χ0v) is 16.0. The molecule has 0 unspecified atom stereocenters. The van der Waals surface area contributed by atoms with Crippen molar-refractivity contribution in [1.82, 2.24) is 10.3 Å². The van der Waals surface area contributed by atoms with Crippen LogP contribution in [0.25, 0.3) is 5.57 Å². The van der Waals surface area contributed by atoms with Crippen LogP contribution in [0.1, 0.15) is 54.0 Å². The number of fused-ring (bicyclic) bond motifs is 1. The summed E-state index contributed by atoms with van der Waals surface area (Å²) in [6.07, 6.45) is 6.87. The van der Waals surface area contributed by atoms with E-state index in [2.05, 4.69) is 35.7 Å². The molecule has 0 spiro atoms. The number of carbonyl (C=O) groups is 1. The predicted molar refractivity (Wildman–Crippen MR) is 107 cm³/mol. The minimum Gasteiger partial charge on any atom is -0.493 e. The van der Waals surface area contributed by atoms with Crippen LogP contribution in [0.4, 0.5) is 0 Å². The SMILES string of the molecule is COc1nc(/C(=C/[C@H]2CCC(=O)N2)c2ccc3c(c2)CCO3)ccc1C1CC1. The second-order valence-corrected chi connectivity index (χ2v) is 7.78. The van der Waals surface area contributed by atoms with Crippen molar-refractivity contribution in [2.45, 2.75) is 44.1 Å². The molecule has 5 rings (SSSR count). The standard InChI is InChI=1S/C23H24N2O3/c1-27-23-18(14-2-3-14)6-7-20(25-23)19(13-17-5-9-22(26)24-17)15-4-8-21-16(12-15)10-11-28-21/h4,6-8,12-14,17H,2-3,5,9-11H2,1H3,(H,24,26)/b19-13+/t17-/m1/s1. The van der Waals surface area contributed by atoms with Gasteiger partial charge in [0.1, 0.15) is 5.75 Å². The van der Waals surface area contributed by atoms with E-state index in [-0.39, 0.29) is 11.9 Å². The molecule has 28 heavy (non-hydrogen) atoms. The molecule has 3 heterocycles. The molecule has 2 aliphatic heterocycles. The Kier molecular flexibility index (Phi) is 4.30. The van der Waals surface area contributed by atoms with Gasteiger partial charge in [0.15, 0.2) is 0 Å². The maximum Gasteiger partial charge on any atom is 0.220 e. The van der Waals surface area contributed by atoms with Gasteiger partial charge in [0.05, 0.1) is 19.4 Å². The van der Waals surface area contributed by atoms with Crippen molar-refractivity contribution in [2.75, 3.05) is 13.7 Å². The maximum atomic E-state index is 11.7. The zero-order valence-electron chi connectivity index (χ0n) is 16.0. The summed E-state index contributed by atoms with van der Waals surface area (Å²) in [5, 5.41) is 3.05. The lowest BCUT2D eigenvalue weighted by atomic mass is 9.96. The smallest absolute Gasteiger partial charge is 0.220 e. The third kappa shape index (κ3) is 3.26. The van der Waals surface area contributed by atoms with Crippen LogP contribution in [0.15, 0.2) is 36.4 Å². The van der Waals surface area contributed by atoms with Crippen LogP contribution in [0.3, 0.4) is 0 Å². The van der Waals surface area contributed by atoms with E-state index in [0.29, 0.717) is 18.2 Å². The number of amides is 1. The first-order valence-electron chi connectivity index (χ1n) is 10.0. The number of hydrogen-bond donors (Lipinski definition) is 1. The van der Waals surface area contributed by atoms with Crippen LogP contribution < -0.4 is 14.8 Å². The second kappa shape index (κ2) is 6.97. The van der Waals surface area contributed by atoms with Gasteiger partial charge >= 0.3 is 0 Å². The van der Waals surface area contributed by atoms with Gasteiger partial charge in [0.2, 0.25) is 11.8 Å². The molecule has 5 heteroatoms. The number of nitrogens with one attached hydrogen (secondary N) is 1. The quantitative estimate of drug-likeness (QED) is 0.866. The molecule has 1 aromatic heterocycles. The van der Waals surface area contributed by atoms with E-state index in [0.717, 1.165) is 42.0 Å². The second-order valence-electron chi connectivity index (χ2n) is 7.78. The molecule has 2 aromatic rings. The van der Waals surface area contributed by atoms with Gasteiger partial charge in [-0.05, 0) is 54.5 Å². The molecule has 1 amide bonds. The van der Waals surface area contributed by atoms with Crippen molar-refractivity contribution in [3.8, 4) is 11.6 Å². The first kappa shape index (κ1) is 17.3. The Bertz CT molecular complexity index is 962. The number of rotatable bonds is 5. The van der Waals surface area contributed by atoms with E-state index < -0.39 is 0 Å². The molecule has 1 saturated heterocycles. The van der Waals surface area contributed by atoms with E-state index in [9.17, 15) is 4.79 Å². The monoisotopic (exact) mass is 376 g/mol. The van der Waals surface area contributed by atoms with Crippen molar-refractivity contribution in [3.05, 3.63) is 58.8 Å². The molecule has 2 fully saturated rings. The van der Waals surface area contributed by atoms with E-state index >= 15 is 0 Å². The molecule has 1 aromatic carbocycles. The Balaban J connectivity index is 1.58. The third-order valence-corrected chi connectivity index (χ3v) is 5.77.